The average Bonchev–Trinajstić information content (AvgIpc) is 2.68. The van der Waals surface area contributed by atoms with Crippen LogP contribution >= 0.6 is 23.4 Å². The number of benzene rings is 2. The van der Waals surface area contributed by atoms with E-state index < -0.39 is 5.91 Å². The standard InChI is InChI=1S/C19H16ClN3O2S/c1-25-16-10-6-5-9-15(16)22-18(24)17-14(20)11-21-19(23-17)26-12-13-7-3-2-4-8-13/h2-11H,12H2,1H3,(H,22,24). The number of methoxy groups -OCH3 is 1. The van der Waals surface area contributed by atoms with E-state index in [1.54, 1.807) is 25.3 Å². The van der Waals surface area contributed by atoms with Gasteiger partial charge in [-0.2, -0.15) is 0 Å². The lowest BCUT2D eigenvalue weighted by molar-refractivity contribution is 0.102. The summed E-state index contributed by atoms with van der Waals surface area (Å²) in [5.41, 5.74) is 1.83. The van der Waals surface area contributed by atoms with E-state index in [2.05, 4.69) is 15.3 Å². The summed E-state index contributed by atoms with van der Waals surface area (Å²) in [6.45, 7) is 0. The fourth-order valence-electron chi connectivity index (χ4n) is 2.23. The van der Waals surface area contributed by atoms with Crippen LogP contribution in [0.15, 0.2) is 66.0 Å². The van der Waals surface area contributed by atoms with Gasteiger partial charge >= 0.3 is 0 Å². The lowest BCUT2D eigenvalue weighted by Gasteiger charge is -2.10. The summed E-state index contributed by atoms with van der Waals surface area (Å²) in [5.74, 6) is 0.851. The van der Waals surface area contributed by atoms with Gasteiger partial charge in [0.25, 0.3) is 5.91 Å². The van der Waals surface area contributed by atoms with Gasteiger partial charge in [-0.15, -0.1) is 0 Å². The first-order valence-corrected chi connectivity index (χ1v) is 9.17. The number of amides is 1. The SMILES string of the molecule is COc1ccccc1NC(=O)c1nc(SCc2ccccc2)ncc1Cl. The normalized spacial score (nSPS) is 10.4. The molecule has 3 aromatic rings. The third kappa shape index (κ3) is 4.53. The number of carbonyl (C=O) groups is 1. The zero-order valence-electron chi connectivity index (χ0n) is 14.0. The molecule has 0 aliphatic carbocycles. The van der Waals surface area contributed by atoms with Crippen LogP contribution < -0.4 is 10.1 Å². The number of carbonyl (C=O) groups excluding carboxylic acids is 1. The van der Waals surface area contributed by atoms with Crippen LogP contribution in [0.25, 0.3) is 0 Å². The number of rotatable bonds is 6. The first-order chi connectivity index (χ1) is 12.7. The monoisotopic (exact) mass is 385 g/mol. The van der Waals surface area contributed by atoms with Crippen LogP contribution in [0.1, 0.15) is 16.1 Å². The van der Waals surface area contributed by atoms with Crippen molar-refractivity contribution in [3.63, 3.8) is 0 Å². The van der Waals surface area contributed by atoms with Gasteiger partial charge in [0, 0.05) is 5.75 Å². The van der Waals surface area contributed by atoms with E-state index in [-0.39, 0.29) is 10.7 Å². The van der Waals surface area contributed by atoms with E-state index in [1.807, 2.05) is 36.4 Å². The Hall–Kier alpha value is -2.57. The van der Waals surface area contributed by atoms with Crippen LogP contribution in [-0.4, -0.2) is 23.0 Å². The summed E-state index contributed by atoms with van der Waals surface area (Å²) in [6, 6.07) is 17.1. The number of hydrogen-bond acceptors (Lipinski definition) is 5. The molecule has 0 aliphatic rings. The van der Waals surface area contributed by atoms with Crippen molar-refractivity contribution in [1.82, 2.24) is 9.97 Å². The predicted molar refractivity (Wildman–Crippen MR) is 104 cm³/mol. The minimum Gasteiger partial charge on any atom is -0.495 e. The highest BCUT2D eigenvalue weighted by Gasteiger charge is 2.16. The number of anilines is 1. The molecule has 1 N–H and O–H groups in total. The molecule has 0 fully saturated rings. The van der Waals surface area contributed by atoms with Crippen LogP contribution in [0.3, 0.4) is 0 Å². The number of ether oxygens (including phenoxy) is 1. The highest BCUT2D eigenvalue weighted by atomic mass is 35.5. The topological polar surface area (TPSA) is 64.1 Å². The minimum absolute atomic E-state index is 0.128. The lowest BCUT2D eigenvalue weighted by Crippen LogP contribution is -2.15. The van der Waals surface area contributed by atoms with Gasteiger partial charge in [0.05, 0.1) is 24.0 Å². The smallest absolute Gasteiger partial charge is 0.276 e. The average molecular weight is 386 g/mol. The van der Waals surface area contributed by atoms with Gasteiger partial charge in [0.15, 0.2) is 10.9 Å². The Bertz CT molecular complexity index is 906. The molecule has 0 aliphatic heterocycles. The van der Waals surface area contributed by atoms with E-state index in [0.29, 0.717) is 22.3 Å². The molecular formula is C19H16ClN3O2S. The molecule has 0 atom stereocenters. The molecule has 0 saturated heterocycles. The quantitative estimate of drug-likeness (QED) is 0.493. The second-order valence-electron chi connectivity index (χ2n) is 5.28. The van der Waals surface area contributed by atoms with Gasteiger partial charge in [0.1, 0.15) is 5.75 Å². The Morgan fingerprint density at radius 3 is 2.65 bits per heavy atom. The maximum atomic E-state index is 12.6. The van der Waals surface area contributed by atoms with E-state index >= 15 is 0 Å². The molecule has 1 aromatic heterocycles. The molecule has 2 aromatic carbocycles. The molecule has 5 nitrogen and oxygen atoms in total. The van der Waals surface area contributed by atoms with Crippen molar-refractivity contribution in [2.75, 3.05) is 12.4 Å². The molecule has 0 spiro atoms. The van der Waals surface area contributed by atoms with Crippen molar-refractivity contribution in [2.24, 2.45) is 0 Å². The molecule has 1 heterocycles. The number of hydrogen-bond donors (Lipinski definition) is 1. The fourth-order valence-corrected chi connectivity index (χ4v) is 3.18. The first kappa shape index (κ1) is 18.2. The van der Waals surface area contributed by atoms with Gasteiger partial charge < -0.3 is 10.1 Å². The highest BCUT2D eigenvalue weighted by Crippen LogP contribution is 2.26. The summed E-state index contributed by atoms with van der Waals surface area (Å²) < 4.78 is 5.24. The van der Waals surface area contributed by atoms with Gasteiger partial charge in [-0.3, -0.25) is 4.79 Å². The van der Waals surface area contributed by atoms with Crippen LogP contribution in [0.2, 0.25) is 5.02 Å². The van der Waals surface area contributed by atoms with Crippen LogP contribution in [0.5, 0.6) is 5.75 Å². The van der Waals surface area contributed by atoms with E-state index in [9.17, 15) is 4.79 Å². The molecule has 0 radical (unpaired) electrons. The van der Waals surface area contributed by atoms with Gasteiger partial charge in [-0.25, -0.2) is 9.97 Å². The Kier molecular flexibility index (Phi) is 6.09. The molecule has 0 unspecified atom stereocenters. The predicted octanol–water partition coefficient (Wildman–Crippen LogP) is 4.68. The third-order valence-corrected chi connectivity index (χ3v) is 4.71. The van der Waals surface area contributed by atoms with E-state index in [4.69, 9.17) is 16.3 Å². The molecule has 26 heavy (non-hydrogen) atoms. The summed E-state index contributed by atoms with van der Waals surface area (Å²) >= 11 is 7.56. The molecule has 0 saturated carbocycles. The highest BCUT2D eigenvalue weighted by molar-refractivity contribution is 7.98. The number of aromatic nitrogens is 2. The van der Waals surface area contributed by atoms with E-state index in [1.165, 1.54) is 18.0 Å². The maximum Gasteiger partial charge on any atom is 0.276 e. The van der Waals surface area contributed by atoms with Crippen molar-refractivity contribution >= 4 is 35.0 Å². The summed E-state index contributed by atoms with van der Waals surface area (Å²) in [5, 5.41) is 3.46. The number of nitrogens with one attached hydrogen (secondary N) is 1. The number of thioether (sulfide) groups is 1. The molecule has 0 bridgehead atoms. The lowest BCUT2D eigenvalue weighted by atomic mass is 10.2. The van der Waals surface area contributed by atoms with Crippen molar-refractivity contribution in [2.45, 2.75) is 10.9 Å². The minimum atomic E-state index is -0.413. The van der Waals surface area contributed by atoms with Gasteiger partial charge in [-0.1, -0.05) is 65.8 Å². The van der Waals surface area contributed by atoms with Crippen LogP contribution in [0.4, 0.5) is 5.69 Å². The van der Waals surface area contributed by atoms with Crippen LogP contribution in [0, 0.1) is 0 Å². The summed E-state index contributed by atoms with van der Waals surface area (Å²) in [7, 11) is 1.54. The molecule has 7 heteroatoms. The largest absolute Gasteiger partial charge is 0.495 e. The second kappa shape index (κ2) is 8.69. The number of halogens is 1. The zero-order chi connectivity index (χ0) is 18.4. The van der Waals surface area contributed by atoms with Crippen molar-refractivity contribution < 1.29 is 9.53 Å². The Labute approximate surface area is 160 Å². The number of para-hydroxylation sites is 2. The van der Waals surface area contributed by atoms with Crippen molar-refractivity contribution in [3.05, 3.63) is 77.1 Å². The van der Waals surface area contributed by atoms with Gasteiger partial charge in [0.2, 0.25) is 0 Å². The molecule has 3 rings (SSSR count). The van der Waals surface area contributed by atoms with Crippen molar-refractivity contribution in [1.29, 1.82) is 0 Å². The first-order valence-electron chi connectivity index (χ1n) is 7.81. The van der Waals surface area contributed by atoms with Crippen LogP contribution in [-0.2, 0) is 5.75 Å². The third-order valence-electron chi connectivity index (χ3n) is 3.50. The second-order valence-corrected chi connectivity index (χ2v) is 6.63. The number of nitrogens with zero attached hydrogens (tertiary/aromatic N) is 2. The van der Waals surface area contributed by atoms with E-state index in [0.717, 1.165) is 5.56 Å². The molecular weight excluding hydrogens is 370 g/mol. The molecule has 1 amide bonds. The molecule has 132 valence electrons. The maximum absolute atomic E-state index is 12.6. The Morgan fingerprint density at radius 2 is 1.88 bits per heavy atom. The zero-order valence-corrected chi connectivity index (χ0v) is 15.6. The fraction of sp³-hybridized carbons (Fsp3) is 0.105. The van der Waals surface area contributed by atoms with Gasteiger partial charge in [-0.05, 0) is 17.7 Å². The summed E-state index contributed by atoms with van der Waals surface area (Å²) in [4.78, 5) is 21.1. The Morgan fingerprint density at radius 1 is 1.15 bits per heavy atom. The summed E-state index contributed by atoms with van der Waals surface area (Å²) in [6.07, 6.45) is 1.44. The van der Waals surface area contributed by atoms with Crippen molar-refractivity contribution in [3.8, 4) is 5.75 Å². The Balaban J connectivity index is 1.75.